The van der Waals surface area contributed by atoms with Crippen molar-refractivity contribution in [1.29, 1.82) is 0 Å². The number of nitrogens with one attached hydrogen (secondary N) is 2. The van der Waals surface area contributed by atoms with Gasteiger partial charge in [0.2, 0.25) is 0 Å². The molecule has 0 bridgehead atoms. The van der Waals surface area contributed by atoms with E-state index < -0.39 is 35.4 Å². The SMILES string of the molecule is CCc1cccc(CNC[C@H](O)[C@H](Cc2cc(F)cc(F)c2)NC(=O)c2nnc3c(Cl)cccc3c2O)c1. The molecule has 7 nitrogen and oxygen atoms in total. The molecule has 1 heterocycles. The van der Waals surface area contributed by atoms with Gasteiger partial charge < -0.3 is 20.8 Å². The van der Waals surface area contributed by atoms with Crippen LogP contribution >= 0.6 is 11.6 Å². The zero-order chi connectivity index (χ0) is 27.2. The first-order valence-electron chi connectivity index (χ1n) is 12.1. The summed E-state index contributed by atoms with van der Waals surface area (Å²) in [6.07, 6.45) is -0.335. The van der Waals surface area contributed by atoms with Crippen LogP contribution in [0.5, 0.6) is 5.75 Å². The normalized spacial score (nSPS) is 12.9. The van der Waals surface area contributed by atoms with E-state index in [4.69, 9.17) is 11.6 Å². The lowest BCUT2D eigenvalue weighted by Gasteiger charge is -2.25. The van der Waals surface area contributed by atoms with Crippen LogP contribution in [-0.2, 0) is 19.4 Å². The third-order valence-electron chi connectivity index (χ3n) is 6.17. The summed E-state index contributed by atoms with van der Waals surface area (Å²) >= 11 is 6.10. The number of aliphatic hydroxyl groups excluding tert-OH is 1. The summed E-state index contributed by atoms with van der Waals surface area (Å²) in [7, 11) is 0. The molecule has 198 valence electrons. The maximum Gasteiger partial charge on any atom is 0.276 e. The Labute approximate surface area is 223 Å². The van der Waals surface area contributed by atoms with Crippen LogP contribution in [0.1, 0.15) is 34.1 Å². The summed E-state index contributed by atoms with van der Waals surface area (Å²) in [6, 6.07) is 14.8. The van der Waals surface area contributed by atoms with E-state index in [2.05, 4.69) is 33.8 Å². The Balaban J connectivity index is 1.53. The second-order valence-corrected chi connectivity index (χ2v) is 9.37. The summed E-state index contributed by atoms with van der Waals surface area (Å²) in [5, 5.41) is 35.7. The van der Waals surface area contributed by atoms with Crippen LogP contribution in [0.4, 0.5) is 8.78 Å². The zero-order valence-corrected chi connectivity index (χ0v) is 21.3. The molecule has 1 amide bonds. The van der Waals surface area contributed by atoms with Gasteiger partial charge in [0.25, 0.3) is 5.91 Å². The van der Waals surface area contributed by atoms with E-state index in [1.165, 1.54) is 5.56 Å². The average molecular weight is 541 g/mol. The van der Waals surface area contributed by atoms with Crippen molar-refractivity contribution in [3.63, 3.8) is 0 Å². The molecule has 4 N–H and O–H groups in total. The minimum absolute atomic E-state index is 0.0735. The Morgan fingerprint density at radius 2 is 1.71 bits per heavy atom. The highest BCUT2D eigenvalue weighted by atomic mass is 35.5. The van der Waals surface area contributed by atoms with E-state index >= 15 is 0 Å². The van der Waals surface area contributed by atoms with Crippen LogP contribution < -0.4 is 10.6 Å². The molecule has 0 saturated carbocycles. The number of amides is 1. The number of nitrogens with zero attached hydrogens (tertiary/aromatic N) is 2. The minimum atomic E-state index is -1.15. The molecule has 4 aromatic rings. The molecule has 0 unspecified atom stereocenters. The number of halogens is 3. The summed E-state index contributed by atoms with van der Waals surface area (Å²) in [6.45, 7) is 2.60. The van der Waals surface area contributed by atoms with Crippen LogP contribution in [0.2, 0.25) is 5.02 Å². The largest absolute Gasteiger partial charge is 0.505 e. The van der Waals surface area contributed by atoms with Crippen LogP contribution in [0, 0.1) is 11.6 Å². The first-order chi connectivity index (χ1) is 18.2. The molecule has 0 spiro atoms. The van der Waals surface area contributed by atoms with Crippen molar-refractivity contribution >= 4 is 28.4 Å². The molecule has 3 aromatic carbocycles. The zero-order valence-electron chi connectivity index (χ0n) is 20.6. The number of fused-ring (bicyclic) bond motifs is 1. The average Bonchev–Trinajstić information content (AvgIpc) is 2.88. The van der Waals surface area contributed by atoms with Gasteiger partial charge in [-0.25, -0.2) is 8.78 Å². The Morgan fingerprint density at radius 1 is 1.00 bits per heavy atom. The van der Waals surface area contributed by atoms with E-state index in [1.807, 2.05) is 18.2 Å². The number of aliphatic hydroxyl groups is 1. The second kappa shape index (κ2) is 12.3. The summed E-state index contributed by atoms with van der Waals surface area (Å²) in [5.74, 6) is -2.78. The van der Waals surface area contributed by atoms with Gasteiger partial charge in [-0.3, -0.25) is 4.79 Å². The Hall–Kier alpha value is -3.66. The fourth-order valence-electron chi connectivity index (χ4n) is 4.20. The molecule has 0 aliphatic heterocycles. The van der Waals surface area contributed by atoms with Crippen molar-refractivity contribution in [3.05, 3.63) is 99.7 Å². The highest BCUT2D eigenvalue weighted by Crippen LogP contribution is 2.29. The van der Waals surface area contributed by atoms with Gasteiger partial charge in [0.05, 0.1) is 17.2 Å². The number of carbonyl (C=O) groups excluding carboxylic acids is 1. The standard InChI is InChI=1S/C28H27ClF2N4O3/c1-2-16-5-3-6-17(9-16)14-32-15-24(36)23(12-18-10-19(30)13-20(31)11-18)33-28(38)26-27(37)21-7-4-8-22(29)25(21)34-35-26/h3-11,13,23-24,32,36H,2,12,14-15H2,1H3,(H,33,38)(H,34,37)/t23-,24-/m0/s1. The summed E-state index contributed by atoms with van der Waals surface area (Å²) in [5.41, 5.74) is 2.31. The first-order valence-corrected chi connectivity index (χ1v) is 12.5. The number of hydrogen-bond acceptors (Lipinski definition) is 6. The number of carbonyl (C=O) groups is 1. The lowest BCUT2D eigenvalue weighted by atomic mass is 10.00. The quantitative estimate of drug-likeness (QED) is 0.239. The molecular weight excluding hydrogens is 514 g/mol. The number of rotatable bonds is 10. The third-order valence-corrected chi connectivity index (χ3v) is 6.48. The van der Waals surface area contributed by atoms with Gasteiger partial charge in [-0.15, -0.1) is 10.2 Å². The van der Waals surface area contributed by atoms with Gasteiger partial charge >= 0.3 is 0 Å². The van der Waals surface area contributed by atoms with Crippen LogP contribution in [-0.4, -0.2) is 45.0 Å². The molecule has 4 rings (SSSR count). The monoisotopic (exact) mass is 540 g/mol. The molecule has 10 heteroatoms. The number of aromatic hydroxyl groups is 1. The topological polar surface area (TPSA) is 107 Å². The fraction of sp³-hybridized carbons (Fsp3) is 0.250. The molecule has 2 atom stereocenters. The first kappa shape index (κ1) is 27.4. The lowest BCUT2D eigenvalue weighted by Crippen LogP contribution is -2.49. The molecule has 0 aliphatic carbocycles. The Bertz CT molecular complexity index is 1430. The van der Waals surface area contributed by atoms with Gasteiger partial charge in [0.1, 0.15) is 17.2 Å². The van der Waals surface area contributed by atoms with Crippen molar-refractivity contribution in [3.8, 4) is 5.75 Å². The molecule has 0 fully saturated rings. The van der Waals surface area contributed by atoms with E-state index in [9.17, 15) is 23.8 Å². The van der Waals surface area contributed by atoms with Crippen molar-refractivity contribution in [2.45, 2.75) is 38.5 Å². The van der Waals surface area contributed by atoms with Gasteiger partial charge in [-0.2, -0.15) is 0 Å². The van der Waals surface area contributed by atoms with Gasteiger partial charge in [-0.05, 0) is 53.8 Å². The van der Waals surface area contributed by atoms with Gasteiger partial charge in [-0.1, -0.05) is 48.9 Å². The van der Waals surface area contributed by atoms with Crippen LogP contribution in [0.25, 0.3) is 10.9 Å². The second-order valence-electron chi connectivity index (χ2n) is 8.97. The minimum Gasteiger partial charge on any atom is -0.505 e. The Morgan fingerprint density at radius 3 is 2.45 bits per heavy atom. The molecule has 1 aromatic heterocycles. The number of aryl methyl sites for hydroxylation is 1. The smallest absolute Gasteiger partial charge is 0.276 e. The molecular formula is C28H27ClF2N4O3. The summed E-state index contributed by atoms with van der Waals surface area (Å²) < 4.78 is 27.7. The Kier molecular flexibility index (Phi) is 8.83. The maximum atomic E-state index is 13.8. The predicted octanol–water partition coefficient (Wildman–Crippen LogP) is 4.32. The highest BCUT2D eigenvalue weighted by Gasteiger charge is 2.26. The van der Waals surface area contributed by atoms with Crippen molar-refractivity contribution < 1.29 is 23.8 Å². The number of hydrogen-bond donors (Lipinski definition) is 4. The van der Waals surface area contributed by atoms with E-state index in [0.29, 0.717) is 6.54 Å². The van der Waals surface area contributed by atoms with Crippen molar-refractivity contribution in [2.75, 3.05) is 6.54 Å². The van der Waals surface area contributed by atoms with Crippen LogP contribution in [0.3, 0.4) is 0 Å². The molecule has 38 heavy (non-hydrogen) atoms. The van der Waals surface area contributed by atoms with Crippen LogP contribution in [0.15, 0.2) is 60.7 Å². The number of benzene rings is 3. The molecule has 0 aliphatic rings. The van der Waals surface area contributed by atoms with Gasteiger partial charge in [0, 0.05) is 24.5 Å². The van der Waals surface area contributed by atoms with E-state index in [1.54, 1.807) is 18.2 Å². The number of aromatic nitrogens is 2. The van der Waals surface area contributed by atoms with Crippen molar-refractivity contribution in [1.82, 2.24) is 20.8 Å². The van der Waals surface area contributed by atoms with Crippen molar-refractivity contribution in [2.24, 2.45) is 0 Å². The summed E-state index contributed by atoms with van der Waals surface area (Å²) in [4.78, 5) is 13.1. The highest BCUT2D eigenvalue weighted by molar-refractivity contribution is 6.35. The lowest BCUT2D eigenvalue weighted by molar-refractivity contribution is 0.0822. The molecule has 0 saturated heterocycles. The van der Waals surface area contributed by atoms with E-state index in [-0.39, 0.29) is 40.1 Å². The van der Waals surface area contributed by atoms with E-state index in [0.717, 1.165) is 30.2 Å². The fourth-order valence-corrected chi connectivity index (χ4v) is 4.42. The van der Waals surface area contributed by atoms with Gasteiger partial charge in [0.15, 0.2) is 11.4 Å². The predicted molar refractivity (Wildman–Crippen MR) is 141 cm³/mol. The molecule has 0 radical (unpaired) electrons. The maximum absolute atomic E-state index is 13.8. The third kappa shape index (κ3) is 6.61.